The van der Waals surface area contributed by atoms with Gasteiger partial charge in [-0.15, -0.1) is 12.4 Å². The number of β-amino-alcohol motifs (C(OH)–C–C–N with tert-alkyl or cyclic N) is 1. The molecule has 1 aliphatic rings. The lowest BCUT2D eigenvalue weighted by Crippen LogP contribution is -2.41. The lowest BCUT2D eigenvalue weighted by molar-refractivity contribution is -0.385. The number of carbonyl (C=O) groups is 1. The van der Waals surface area contributed by atoms with Crippen molar-refractivity contribution >= 4 is 24.0 Å². The van der Waals surface area contributed by atoms with Crippen molar-refractivity contribution in [2.75, 3.05) is 13.1 Å². The Hall–Kier alpha value is -1.70. The molecule has 1 aromatic carbocycles. The molecule has 0 bridgehead atoms. The van der Waals surface area contributed by atoms with Crippen LogP contribution in [0.1, 0.15) is 12.0 Å². The van der Waals surface area contributed by atoms with Gasteiger partial charge in [-0.05, 0) is 12.8 Å². The van der Waals surface area contributed by atoms with Crippen LogP contribution in [0.15, 0.2) is 24.3 Å². The third kappa shape index (κ3) is 4.66. The second kappa shape index (κ2) is 7.92. The highest BCUT2D eigenvalue weighted by atomic mass is 35.5. The zero-order chi connectivity index (χ0) is 14.5. The third-order valence-corrected chi connectivity index (χ3v) is 3.31. The number of carbonyl (C=O) groups excluding carboxylic acids is 1. The predicted octanol–water partition coefficient (Wildman–Crippen LogP) is 0.398. The van der Waals surface area contributed by atoms with Gasteiger partial charge in [-0.25, -0.2) is 0 Å². The van der Waals surface area contributed by atoms with Gasteiger partial charge in [0.2, 0.25) is 5.91 Å². The van der Waals surface area contributed by atoms with Crippen LogP contribution in [0, 0.1) is 10.1 Å². The largest absolute Gasteiger partial charge is 0.392 e. The Balaban J connectivity index is 0.00000220. The molecule has 0 radical (unpaired) electrons. The molecule has 2 unspecified atom stereocenters. The molecule has 3 N–H and O–H groups in total. The molecule has 1 amide bonds. The van der Waals surface area contributed by atoms with Gasteiger partial charge in [0.25, 0.3) is 5.69 Å². The van der Waals surface area contributed by atoms with E-state index in [-0.39, 0.29) is 30.0 Å². The van der Waals surface area contributed by atoms with E-state index in [2.05, 4.69) is 10.6 Å². The first-order chi connectivity index (χ1) is 9.58. The normalized spacial score (nSPS) is 20.6. The fourth-order valence-electron chi connectivity index (χ4n) is 2.26. The maximum absolute atomic E-state index is 11.8. The Labute approximate surface area is 128 Å². The van der Waals surface area contributed by atoms with E-state index in [4.69, 9.17) is 0 Å². The predicted molar refractivity (Wildman–Crippen MR) is 79.5 cm³/mol. The maximum Gasteiger partial charge on any atom is 0.272 e. The summed E-state index contributed by atoms with van der Waals surface area (Å²) in [6.07, 6.45) is 0.316. The number of hydrogen-bond acceptors (Lipinski definition) is 5. The van der Waals surface area contributed by atoms with Gasteiger partial charge in [0, 0.05) is 24.7 Å². The van der Waals surface area contributed by atoms with Crippen molar-refractivity contribution in [2.24, 2.45) is 0 Å². The third-order valence-electron chi connectivity index (χ3n) is 3.31. The second-order valence-corrected chi connectivity index (χ2v) is 4.78. The topological polar surface area (TPSA) is 104 Å². The highest BCUT2D eigenvalue weighted by molar-refractivity contribution is 5.85. The van der Waals surface area contributed by atoms with E-state index in [1.807, 2.05) is 0 Å². The van der Waals surface area contributed by atoms with Crippen LogP contribution in [0.25, 0.3) is 0 Å². The summed E-state index contributed by atoms with van der Waals surface area (Å²) in [4.78, 5) is 22.2. The van der Waals surface area contributed by atoms with Gasteiger partial charge in [-0.2, -0.15) is 0 Å². The number of aliphatic hydroxyl groups excluding tert-OH is 1. The highest BCUT2D eigenvalue weighted by Gasteiger charge is 2.27. The summed E-state index contributed by atoms with van der Waals surface area (Å²) in [5.41, 5.74) is 0.661. The molecule has 2 atom stereocenters. The van der Waals surface area contributed by atoms with Crippen LogP contribution in [0.2, 0.25) is 0 Å². The minimum atomic E-state index is -0.485. The van der Waals surface area contributed by atoms with Crippen molar-refractivity contribution in [3.8, 4) is 0 Å². The number of para-hydroxylation sites is 1. The number of nitro benzene ring substituents is 1. The minimum absolute atomic E-state index is 0. The van der Waals surface area contributed by atoms with Gasteiger partial charge in [-0.3, -0.25) is 14.9 Å². The van der Waals surface area contributed by atoms with E-state index in [1.165, 1.54) is 6.07 Å². The van der Waals surface area contributed by atoms with Gasteiger partial charge in [-0.1, -0.05) is 18.2 Å². The first kappa shape index (κ1) is 17.4. The summed E-state index contributed by atoms with van der Waals surface area (Å²) in [7, 11) is 0. The lowest BCUT2D eigenvalue weighted by Gasteiger charge is -2.11. The van der Waals surface area contributed by atoms with Crippen LogP contribution in [0.4, 0.5) is 5.69 Å². The Bertz CT molecular complexity index is 512. The molecule has 1 heterocycles. The molecule has 8 heteroatoms. The number of halogens is 1. The van der Waals surface area contributed by atoms with E-state index in [1.54, 1.807) is 18.2 Å². The van der Waals surface area contributed by atoms with E-state index in [0.29, 0.717) is 31.5 Å². The summed E-state index contributed by atoms with van der Waals surface area (Å²) >= 11 is 0. The van der Waals surface area contributed by atoms with Gasteiger partial charge in [0.1, 0.15) is 0 Å². The Kier molecular flexibility index (Phi) is 6.54. The van der Waals surface area contributed by atoms with Gasteiger partial charge in [0.15, 0.2) is 0 Å². The Morgan fingerprint density at radius 2 is 2.19 bits per heavy atom. The SMILES string of the molecule is Cl.O=C(NCCc1ccccc1[N+](=O)[O-])C1CC(O)CN1. The number of aliphatic hydroxyl groups is 1. The summed E-state index contributed by atoms with van der Waals surface area (Å²) in [6.45, 7) is 0.750. The molecular formula is C13H18ClN3O4. The number of nitro groups is 1. The van der Waals surface area contributed by atoms with Crippen molar-refractivity contribution in [1.82, 2.24) is 10.6 Å². The van der Waals surface area contributed by atoms with Gasteiger partial charge < -0.3 is 15.7 Å². The number of amides is 1. The molecule has 2 rings (SSSR count). The van der Waals surface area contributed by atoms with E-state index < -0.39 is 11.0 Å². The van der Waals surface area contributed by atoms with Crippen LogP contribution in [-0.4, -0.2) is 41.2 Å². The zero-order valence-electron chi connectivity index (χ0n) is 11.3. The molecule has 116 valence electrons. The molecule has 0 aromatic heterocycles. The summed E-state index contributed by atoms with van der Waals surface area (Å²) in [5.74, 6) is -0.180. The molecule has 7 nitrogen and oxygen atoms in total. The molecule has 0 saturated carbocycles. The van der Waals surface area contributed by atoms with Gasteiger partial charge in [0.05, 0.1) is 17.1 Å². The zero-order valence-corrected chi connectivity index (χ0v) is 12.1. The van der Waals surface area contributed by atoms with Crippen LogP contribution < -0.4 is 10.6 Å². The fourth-order valence-corrected chi connectivity index (χ4v) is 2.26. The standard InChI is InChI=1S/C13H17N3O4.ClH/c17-10-7-11(15-8-10)13(18)14-6-5-9-3-1-2-4-12(9)16(19)20;/h1-4,10-11,15,17H,5-8H2,(H,14,18);1H. The van der Waals surface area contributed by atoms with Crippen molar-refractivity contribution in [3.05, 3.63) is 39.9 Å². The van der Waals surface area contributed by atoms with Crippen LogP contribution in [0.5, 0.6) is 0 Å². The van der Waals surface area contributed by atoms with E-state index in [9.17, 15) is 20.0 Å². The average molecular weight is 316 g/mol. The minimum Gasteiger partial charge on any atom is -0.392 e. The maximum atomic E-state index is 11.8. The van der Waals surface area contributed by atoms with Gasteiger partial charge >= 0.3 is 0 Å². The molecule has 21 heavy (non-hydrogen) atoms. The van der Waals surface area contributed by atoms with Crippen LogP contribution >= 0.6 is 12.4 Å². The van der Waals surface area contributed by atoms with Crippen LogP contribution in [-0.2, 0) is 11.2 Å². The molecular weight excluding hydrogens is 298 g/mol. The van der Waals surface area contributed by atoms with E-state index in [0.717, 1.165) is 0 Å². The van der Waals surface area contributed by atoms with Crippen molar-refractivity contribution < 1.29 is 14.8 Å². The molecule has 1 aliphatic heterocycles. The fraction of sp³-hybridized carbons (Fsp3) is 0.462. The first-order valence-electron chi connectivity index (χ1n) is 6.49. The summed E-state index contributed by atoms with van der Waals surface area (Å²) in [5, 5.41) is 25.8. The summed E-state index contributed by atoms with van der Waals surface area (Å²) in [6, 6.07) is 6.10. The van der Waals surface area contributed by atoms with E-state index >= 15 is 0 Å². The van der Waals surface area contributed by atoms with Crippen molar-refractivity contribution in [2.45, 2.75) is 25.0 Å². The van der Waals surface area contributed by atoms with Crippen LogP contribution in [0.3, 0.4) is 0 Å². The number of benzene rings is 1. The molecule has 1 aromatic rings. The molecule has 1 fully saturated rings. The smallest absolute Gasteiger partial charge is 0.272 e. The quantitative estimate of drug-likeness (QED) is 0.539. The highest BCUT2D eigenvalue weighted by Crippen LogP contribution is 2.17. The average Bonchev–Trinajstić information content (AvgIpc) is 2.86. The molecule has 0 aliphatic carbocycles. The number of hydrogen-bond donors (Lipinski definition) is 3. The lowest BCUT2D eigenvalue weighted by atomic mass is 10.1. The summed E-state index contributed by atoms with van der Waals surface area (Å²) < 4.78 is 0. The number of rotatable bonds is 5. The van der Waals surface area contributed by atoms with Crippen molar-refractivity contribution in [1.29, 1.82) is 0 Å². The number of nitrogens with zero attached hydrogens (tertiary/aromatic N) is 1. The molecule has 1 saturated heterocycles. The first-order valence-corrected chi connectivity index (χ1v) is 6.49. The number of nitrogens with one attached hydrogen (secondary N) is 2. The van der Waals surface area contributed by atoms with Crippen molar-refractivity contribution in [3.63, 3.8) is 0 Å². The molecule has 0 spiro atoms. The Morgan fingerprint density at radius 1 is 1.48 bits per heavy atom. The Morgan fingerprint density at radius 3 is 2.81 bits per heavy atom. The second-order valence-electron chi connectivity index (χ2n) is 4.78. The monoisotopic (exact) mass is 315 g/mol.